The van der Waals surface area contributed by atoms with Crippen molar-refractivity contribution in [2.24, 2.45) is 5.92 Å². The minimum Gasteiger partial charge on any atom is -0.494 e. The molecule has 2 aliphatic rings. The first-order chi connectivity index (χ1) is 17.5. The molecule has 1 aliphatic carbocycles. The quantitative estimate of drug-likeness (QED) is 0.207. The average molecular weight is 515 g/mol. The van der Waals surface area contributed by atoms with Crippen LogP contribution in [0.5, 0.6) is 5.75 Å². The first-order valence-electron chi connectivity index (χ1n) is 13.4. The molecule has 0 amide bonds. The number of unbranched alkanes of at least 4 members (excludes halogenated alkanes) is 2. The third kappa shape index (κ3) is 6.13. The number of aldehydes is 1. The van der Waals surface area contributed by atoms with Crippen LogP contribution in [-0.4, -0.2) is 43.9 Å². The first kappa shape index (κ1) is 27.1. The molecule has 196 valence electrons. The van der Waals surface area contributed by atoms with Crippen LogP contribution in [-0.2, 0) is 25.4 Å². The molecule has 2 fully saturated rings. The van der Waals surface area contributed by atoms with Gasteiger partial charge >= 0.3 is 0 Å². The number of rotatable bonds is 14. The summed E-state index contributed by atoms with van der Waals surface area (Å²) in [5.74, 6) is 0.904. The Labute approximate surface area is 220 Å². The van der Waals surface area contributed by atoms with Crippen LogP contribution in [0, 0.1) is 5.92 Å². The molecular weight excluding hydrogens is 476 g/mol. The van der Waals surface area contributed by atoms with Gasteiger partial charge in [0, 0.05) is 24.2 Å². The third-order valence-electron chi connectivity index (χ3n) is 7.21. The molecule has 5 nitrogen and oxygen atoms in total. The van der Waals surface area contributed by atoms with Crippen molar-refractivity contribution in [3.8, 4) is 5.75 Å². The summed E-state index contributed by atoms with van der Waals surface area (Å²) in [6.45, 7) is 8.22. The molecule has 0 aromatic heterocycles. The largest absolute Gasteiger partial charge is 0.494 e. The molecule has 0 radical (unpaired) electrons. The van der Waals surface area contributed by atoms with Gasteiger partial charge in [0.05, 0.1) is 12.7 Å². The van der Waals surface area contributed by atoms with E-state index in [1.165, 1.54) is 0 Å². The zero-order valence-electron chi connectivity index (χ0n) is 21.7. The van der Waals surface area contributed by atoms with Crippen molar-refractivity contribution in [3.05, 3.63) is 64.2 Å². The number of ether oxygens (including phenoxy) is 4. The Kier molecular flexibility index (Phi) is 9.46. The monoisotopic (exact) mass is 514 g/mol. The summed E-state index contributed by atoms with van der Waals surface area (Å²) in [6.07, 6.45) is 5.58. The van der Waals surface area contributed by atoms with Gasteiger partial charge in [-0.3, -0.25) is 0 Å². The Morgan fingerprint density at radius 1 is 1.00 bits per heavy atom. The maximum atomic E-state index is 12.1. The van der Waals surface area contributed by atoms with Gasteiger partial charge in [0.25, 0.3) is 0 Å². The minimum atomic E-state index is -0.777. The van der Waals surface area contributed by atoms with Crippen LogP contribution in [0.1, 0.15) is 75.7 Å². The molecule has 6 heteroatoms. The molecule has 0 unspecified atom stereocenters. The maximum absolute atomic E-state index is 12.1. The molecule has 1 aliphatic heterocycles. The zero-order chi connectivity index (χ0) is 25.5. The van der Waals surface area contributed by atoms with E-state index in [9.17, 15) is 4.79 Å². The fourth-order valence-electron chi connectivity index (χ4n) is 5.06. The molecule has 1 saturated carbocycles. The highest BCUT2D eigenvalue weighted by atomic mass is 35.5. The van der Waals surface area contributed by atoms with Crippen LogP contribution in [0.3, 0.4) is 0 Å². The molecule has 36 heavy (non-hydrogen) atoms. The summed E-state index contributed by atoms with van der Waals surface area (Å²) in [5, 5.41) is 0.706. The van der Waals surface area contributed by atoms with Crippen LogP contribution in [0.25, 0.3) is 0 Å². The zero-order valence-corrected chi connectivity index (χ0v) is 22.5. The van der Waals surface area contributed by atoms with Crippen molar-refractivity contribution in [1.29, 1.82) is 0 Å². The van der Waals surface area contributed by atoms with E-state index in [0.29, 0.717) is 37.7 Å². The first-order valence-corrected chi connectivity index (χ1v) is 13.8. The molecule has 4 rings (SSSR count). The Morgan fingerprint density at radius 3 is 2.33 bits per heavy atom. The van der Waals surface area contributed by atoms with Crippen LogP contribution in [0.2, 0.25) is 5.02 Å². The van der Waals surface area contributed by atoms with Gasteiger partial charge in [0.1, 0.15) is 23.6 Å². The lowest BCUT2D eigenvalue weighted by Crippen LogP contribution is -2.48. The molecule has 2 aromatic carbocycles. The standard InChI is InChI=1S/C30H39ClO5/c1-4-7-15-34-28-25-19-30(25,20-32)36-27(29(28)35-16-8-5-2)22-11-14-26(31)23(18-22)17-21-9-12-24(13-10-21)33-6-3/h9-14,18,20,25,27-29H,4-8,15-17,19H2,1-3H3/t25-,27+,28+,29+,30+/m1/s1. The number of fused-ring (bicyclic) bond motifs is 1. The topological polar surface area (TPSA) is 54.0 Å². The van der Waals surface area contributed by atoms with E-state index in [4.69, 9.17) is 30.5 Å². The fraction of sp³-hybridized carbons (Fsp3) is 0.567. The highest BCUT2D eigenvalue weighted by molar-refractivity contribution is 6.31. The van der Waals surface area contributed by atoms with Crippen molar-refractivity contribution in [2.75, 3.05) is 19.8 Å². The van der Waals surface area contributed by atoms with Gasteiger partial charge in [-0.05, 0) is 67.5 Å². The summed E-state index contributed by atoms with van der Waals surface area (Å²) in [4.78, 5) is 12.1. The Morgan fingerprint density at radius 2 is 1.69 bits per heavy atom. The molecule has 1 saturated heterocycles. The van der Waals surface area contributed by atoms with Crippen LogP contribution >= 0.6 is 11.6 Å². The second-order valence-electron chi connectivity index (χ2n) is 9.90. The van der Waals surface area contributed by atoms with E-state index in [-0.39, 0.29) is 18.1 Å². The molecule has 2 aromatic rings. The SMILES string of the molecule is CCCCO[C@@H]1[C@@H](OCCCC)[C@H](c2ccc(Cl)c(Cc3ccc(OCC)cc3)c2)O[C@]2(C=O)C[C@H]12. The molecule has 0 bridgehead atoms. The van der Waals surface area contributed by atoms with E-state index in [1.807, 2.05) is 31.2 Å². The van der Waals surface area contributed by atoms with Crippen LogP contribution in [0.4, 0.5) is 0 Å². The van der Waals surface area contributed by atoms with E-state index >= 15 is 0 Å². The lowest BCUT2D eigenvalue weighted by atomic mass is 9.91. The Hall–Kier alpha value is -1.92. The predicted molar refractivity (Wildman–Crippen MR) is 142 cm³/mol. The highest BCUT2D eigenvalue weighted by Gasteiger charge is 2.67. The summed E-state index contributed by atoms with van der Waals surface area (Å²) in [5.41, 5.74) is 2.35. The van der Waals surface area contributed by atoms with E-state index in [2.05, 4.69) is 32.0 Å². The summed E-state index contributed by atoms with van der Waals surface area (Å²) >= 11 is 6.63. The van der Waals surface area contributed by atoms with Gasteiger partial charge in [-0.15, -0.1) is 0 Å². The van der Waals surface area contributed by atoms with Gasteiger partial charge in [-0.2, -0.15) is 0 Å². The van der Waals surface area contributed by atoms with Gasteiger partial charge in [0.15, 0.2) is 6.29 Å². The van der Waals surface area contributed by atoms with E-state index in [0.717, 1.165) is 54.4 Å². The van der Waals surface area contributed by atoms with Crippen molar-refractivity contribution < 1.29 is 23.7 Å². The second-order valence-corrected chi connectivity index (χ2v) is 10.3. The van der Waals surface area contributed by atoms with Gasteiger partial charge in [0.2, 0.25) is 0 Å². The molecule has 0 N–H and O–H groups in total. The summed E-state index contributed by atoms with van der Waals surface area (Å²) in [6, 6.07) is 14.1. The lowest BCUT2D eigenvalue weighted by Gasteiger charge is -2.40. The molecule has 5 atom stereocenters. The van der Waals surface area contributed by atoms with E-state index < -0.39 is 11.7 Å². The average Bonchev–Trinajstić information content (AvgIpc) is 3.62. The van der Waals surface area contributed by atoms with Gasteiger partial charge in [-0.25, -0.2) is 0 Å². The second kappa shape index (κ2) is 12.6. The number of hydrogen-bond donors (Lipinski definition) is 0. The number of hydrogen-bond acceptors (Lipinski definition) is 5. The third-order valence-corrected chi connectivity index (χ3v) is 7.58. The van der Waals surface area contributed by atoms with Gasteiger partial charge < -0.3 is 23.7 Å². The summed E-state index contributed by atoms with van der Waals surface area (Å²) < 4.78 is 24.9. The Bertz CT molecular complexity index is 993. The van der Waals surface area contributed by atoms with Crippen molar-refractivity contribution in [2.45, 2.75) is 83.2 Å². The normalized spacial score (nSPS) is 26.9. The fourth-order valence-corrected chi connectivity index (χ4v) is 5.24. The molecule has 0 spiro atoms. The lowest BCUT2D eigenvalue weighted by molar-refractivity contribution is -0.204. The predicted octanol–water partition coefficient (Wildman–Crippen LogP) is 6.73. The summed E-state index contributed by atoms with van der Waals surface area (Å²) in [7, 11) is 0. The van der Waals surface area contributed by atoms with Crippen molar-refractivity contribution in [1.82, 2.24) is 0 Å². The number of halogens is 1. The van der Waals surface area contributed by atoms with Crippen molar-refractivity contribution in [3.63, 3.8) is 0 Å². The minimum absolute atomic E-state index is 0.0466. The number of benzene rings is 2. The van der Waals surface area contributed by atoms with Gasteiger partial charge in [-0.1, -0.05) is 62.6 Å². The Balaban J connectivity index is 1.60. The smallest absolute Gasteiger partial charge is 0.152 e. The highest BCUT2D eigenvalue weighted by Crippen LogP contribution is 2.57. The van der Waals surface area contributed by atoms with Crippen LogP contribution < -0.4 is 4.74 Å². The number of carbonyl (C=O) groups is 1. The number of carbonyl (C=O) groups excluding carboxylic acids is 1. The van der Waals surface area contributed by atoms with Crippen molar-refractivity contribution >= 4 is 17.9 Å². The van der Waals surface area contributed by atoms with Crippen LogP contribution in [0.15, 0.2) is 42.5 Å². The molecule has 1 heterocycles. The van der Waals surface area contributed by atoms with E-state index in [1.54, 1.807) is 0 Å². The maximum Gasteiger partial charge on any atom is 0.152 e. The molecular formula is C30H39ClO5.